The van der Waals surface area contributed by atoms with Crippen LogP contribution in [0, 0.1) is 4.77 Å². The first-order valence-corrected chi connectivity index (χ1v) is 10.7. The molecule has 1 N–H and O–H groups in total. The molecule has 27 heavy (non-hydrogen) atoms. The molecule has 2 aromatic heterocycles. The van der Waals surface area contributed by atoms with E-state index in [4.69, 9.17) is 22.1 Å². The van der Waals surface area contributed by atoms with Crippen LogP contribution in [-0.4, -0.2) is 40.7 Å². The Morgan fingerprint density at radius 3 is 2.67 bits per heavy atom. The number of ether oxygens (including phenoxy) is 1. The summed E-state index contributed by atoms with van der Waals surface area (Å²) in [5.41, 5.74) is 1.33. The summed E-state index contributed by atoms with van der Waals surface area (Å²) >= 11 is 7.59. The van der Waals surface area contributed by atoms with Crippen LogP contribution in [0.2, 0.25) is 0 Å². The smallest absolute Gasteiger partial charge is 0.202 e. The summed E-state index contributed by atoms with van der Waals surface area (Å²) in [6, 6.07) is 14.8. The number of thiophene rings is 1. The van der Waals surface area contributed by atoms with Crippen molar-refractivity contribution in [1.82, 2.24) is 14.3 Å². The van der Waals surface area contributed by atoms with E-state index in [0.29, 0.717) is 0 Å². The highest BCUT2D eigenvalue weighted by molar-refractivity contribution is 7.71. The molecule has 3 heterocycles. The highest BCUT2D eigenvalue weighted by Crippen LogP contribution is 2.15. The third-order valence-corrected chi connectivity index (χ3v) is 6.26. The van der Waals surface area contributed by atoms with E-state index in [-0.39, 0.29) is 0 Å². The van der Waals surface area contributed by atoms with E-state index in [1.54, 1.807) is 11.3 Å². The molecule has 1 aliphatic rings. The molecule has 0 unspecified atom stereocenters. The van der Waals surface area contributed by atoms with Crippen molar-refractivity contribution in [2.45, 2.75) is 26.1 Å². The monoisotopic (exact) mass is 401 g/mol. The lowest BCUT2D eigenvalue weighted by molar-refractivity contribution is -0.931. The molecule has 4 rings (SSSR count). The highest BCUT2D eigenvalue weighted by atomic mass is 32.1. The van der Waals surface area contributed by atoms with Crippen LogP contribution in [0.4, 0.5) is 0 Å². The van der Waals surface area contributed by atoms with Crippen molar-refractivity contribution < 1.29 is 9.64 Å². The van der Waals surface area contributed by atoms with Gasteiger partial charge >= 0.3 is 0 Å². The van der Waals surface area contributed by atoms with Crippen LogP contribution in [-0.2, 0) is 30.8 Å². The van der Waals surface area contributed by atoms with Crippen LogP contribution < -0.4 is 4.90 Å². The molecular weight excluding hydrogens is 376 g/mol. The van der Waals surface area contributed by atoms with Gasteiger partial charge in [0.1, 0.15) is 18.9 Å². The van der Waals surface area contributed by atoms with Gasteiger partial charge < -0.3 is 14.2 Å². The van der Waals surface area contributed by atoms with Crippen molar-refractivity contribution in [1.29, 1.82) is 0 Å². The van der Waals surface area contributed by atoms with Gasteiger partial charge in [0.15, 0.2) is 6.67 Å². The Kier molecular flexibility index (Phi) is 6.14. The second-order valence-corrected chi connectivity index (χ2v) is 8.26. The van der Waals surface area contributed by atoms with Gasteiger partial charge in [0.05, 0.1) is 13.2 Å². The maximum atomic E-state index is 5.81. The molecule has 7 heteroatoms. The number of nitrogens with one attached hydrogen (secondary N) is 1. The zero-order chi connectivity index (χ0) is 18.5. The number of quaternary nitrogens is 1. The van der Waals surface area contributed by atoms with Crippen LogP contribution in [0.5, 0.6) is 0 Å². The van der Waals surface area contributed by atoms with Gasteiger partial charge in [0.25, 0.3) is 0 Å². The van der Waals surface area contributed by atoms with E-state index in [2.05, 4.69) is 52.4 Å². The quantitative estimate of drug-likeness (QED) is 0.617. The summed E-state index contributed by atoms with van der Waals surface area (Å²) in [7, 11) is 0. The number of rotatable bonds is 7. The SMILES string of the molecule is S=c1n(C[NH+]2CCOCC2)nc(Cc2cccs2)n1CCc1ccccc1. The molecular formula is C20H25N4OS2+. The largest absolute Gasteiger partial charge is 0.370 e. The third kappa shape index (κ3) is 4.73. The minimum Gasteiger partial charge on any atom is -0.370 e. The predicted octanol–water partition coefficient (Wildman–Crippen LogP) is 2.18. The van der Waals surface area contributed by atoms with Gasteiger partial charge in [-0.25, -0.2) is 0 Å². The lowest BCUT2D eigenvalue weighted by Gasteiger charge is -2.23. The van der Waals surface area contributed by atoms with Crippen LogP contribution in [0.25, 0.3) is 0 Å². The maximum Gasteiger partial charge on any atom is 0.202 e. The Balaban J connectivity index is 1.56. The van der Waals surface area contributed by atoms with Gasteiger partial charge in [-0.1, -0.05) is 36.4 Å². The Bertz CT molecular complexity index is 896. The molecule has 5 nitrogen and oxygen atoms in total. The second kappa shape index (κ2) is 8.93. The Morgan fingerprint density at radius 1 is 1.11 bits per heavy atom. The van der Waals surface area contributed by atoms with Gasteiger partial charge in [-0.3, -0.25) is 0 Å². The fourth-order valence-electron chi connectivity index (χ4n) is 3.43. The number of aromatic nitrogens is 3. The van der Waals surface area contributed by atoms with Gasteiger partial charge in [0, 0.05) is 17.8 Å². The van der Waals surface area contributed by atoms with Crippen molar-refractivity contribution in [2.75, 3.05) is 26.3 Å². The molecule has 1 fully saturated rings. The lowest BCUT2D eigenvalue weighted by atomic mass is 10.1. The standard InChI is InChI=1S/C20H24N4OS2/c26-20-23(9-8-17-5-2-1-3-6-17)19(15-18-7-4-14-27-18)21-24(20)16-22-10-12-25-13-11-22/h1-7,14H,8-13,15-16H2/p+1. The van der Waals surface area contributed by atoms with Crippen LogP contribution in [0.15, 0.2) is 47.8 Å². The molecule has 142 valence electrons. The van der Waals surface area contributed by atoms with E-state index in [1.165, 1.54) is 15.3 Å². The summed E-state index contributed by atoms with van der Waals surface area (Å²) in [5.74, 6) is 1.06. The predicted molar refractivity (Wildman–Crippen MR) is 110 cm³/mol. The molecule has 0 saturated carbocycles. The topological polar surface area (TPSA) is 36.4 Å². The van der Waals surface area contributed by atoms with Crippen molar-refractivity contribution in [3.8, 4) is 0 Å². The Morgan fingerprint density at radius 2 is 1.93 bits per heavy atom. The number of nitrogens with zero attached hydrogens (tertiary/aromatic N) is 3. The number of morpholine rings is 1. The first-order chi connectivity index (χ1) is 13.3. The van der Waals surface area contributed by atoms with E-state index in [1.807, 2.05) is 4.68 Å². The molecule has 0 bridgehead atoms. The average molecular weight is 402 g/mol. The maximum absolute atomic E-state index is 5.81. The summed E-state index contributed by atoms with van der Waals surface area (Å²) in [4.78, 5) is 2.80. The molecule has 0 spiro atoms. The van der Waals surface area contributed by atoms with Crippen LogP contribution >= 0.6 is 23.6 Å². The highest BCUT2D eigenvalue weighted by Gasteiger charge is 2.18. The van der Waals surface area contributed by atoms with Gasteiger partial charge in [-0.15, -0.1) is 11.3 Å². The normalized spacial score (nSPS) is 15.3. The van der Waals surface area contributed by atoms with E-state index in [0.717, 1.165) is 63.0 Å². The fourth-order valence-corrected chi connectivity index (χ4v) is 4.43. The van der Waals surface area contributed by atoms with Crippen molar-refractivity contribution in [3.63, 3.8) is 0 Å². The lowest BCUT2D eigenvalue weighted by Crippen LogP contribution is -3.13. The first kappa shape index (κ1) is 18.6. The number of hydrogen-bond donors (Lipinski definition) is 1. The van der Waals surface area contributed by atoms with Crippen LogP contribution in [0.3, 0.4) is 0 Å². The van der Waals surface area contributed by atoms with Gasteiger partial charge in [0.2, 0.25) is 4.77 Å². The number of aryl methyl sites for hydroxylation is 1. The molecule has 1 saturated heterocycles. The van der Waals surface area contributed by atoms with Crippen molar-refractivity contribution in [2.24, 2.45) is 0 Å². The van der Waals surface area contributed by atoms with Crippen LogP contribution in [0.1, 0.15) is 16.3 Å². The molecule has 1 aromatic carbocycles. The molecule has 0 aliphatic carbocycles. The van der Waals surface area contributed by atoms with Gasteiger partial charge in [-0.05, 0) is 35.6 Å². The Hall–Kier alpha value is -1.80. The van der Waals surface area contributed by atoms with Gasteiger partial charge in [-0.2, -0.15) is 9.78 Å². The fraction of sp³-hybridized carbons (Fsp3) is 0.400. The number of hydrogen-bond acceptors (Lipinski definition) is 4. The Labute approximate surface area is 168 Å². The van der Waals surface area contributed by atoms with Crippen molar-refractivity contribution in [3.05, 3.63) is 68.9 Å². The molecule has 0 radical (unpaired) electrons. The summed E-state index contributed by atoms with van der Waals surface area (Å²) in [6.45, 7) is 5.34. The zero-order valence-corrected chi connectivity index (χ0v) is 17.0. The third-order valence-electron chi connectivity index (χ3n) is 4.95. The minimum atomic E-state index is 0.817. The van der Waals surface area contributed by atoms with E-state index < -0.39 is 0 Å². The number of benzene rings is 1. The molecule has 0 atom stereocenters. The van der Waals surface area contributed by atoms with E-state index >= 15 is 0 Å². The van der Waals surface area contributed by atoms with Crippen molar-refractivity contribution >= 4 is 23.6 Å². The average Bonchev–Trinajstić information content (AvgIpc) is 3.31. The summed E-state index contributed by atoms with van der Waals surface area (Å²) in [6.07, 6.45) is 1.80. The molecule has 1 aliphatic heterocycles. The second-order valence-electron chi connectivity index (χ2n) is 6.86. The summed E-state index contributed by atoms with van der Waals surface area (Å²) < 4.78 is 10.5. The minimum absolute atomic E-state index is 0.817. The first-order valence-electron chi connectivity index (χ1n) is 9.44. The molecule has 3 aromatic rings. The zero-order valence-electron chi connectivity index (χ0n) is 15.3. The van der Waals surface area contributed by atoms with E-state index in [9.17, 15) is 0 Å². The molecule has 0 amide bonds. The summed E-state index contributed by atoms with van der Waals surface area (Å²) in [5, 5.41) is 7.03.